The first kappa shape index (κ1) is 7.35. The zero-order valence-corrected chi connectivity index (χ0v) is 6.11. The first-order valence-electron chi connectivity index (χ1n) is 2.76. The maximum absolute atomic E-state index is 12.6. The summed E-state index contributed by atoms with van der Waals surface area (Å²) in [5.74, 6) is -0.483. The van der Waals surface area contributed by atoms with Gasteiger partial charge in [0.15, 0.2) is 0 Å². The summed E-state index contributed by atoms with van der Waals surface area (Å²) in [6.07, 6.45) is 0. The molecule has 0 saturated carbocycles. The number of hydrogen-bond acceptors (Lipinski definition) is 1. The number of hydrogen-bond donors (Lipinski definition) is 1. The zero-order chi connectivity index (χ0) is 7.72. The normalized spacial score (nSPS) is 9.90. The van der Waals surface area contributed by atoms with E-state index >= 15 is 0 Å². The number of benzene rings is 1. The molecule has 0 aliphatic rings. The Bertz CT molecular complexity index is 233. The van der Waals surface area contributed by atoms with Gasteiger partial charge < -0.3 is 5.11 Å². The fourth-order valence-corrected chi connectivity index (χ4v) is 0.800. The van der Waals surface area contributed by atoms with Crippen molar-refractivity contribution >= 4 is 11.6 Å². The van der Waals surface area contributed by atoms with Gasteiger partial charge in [-0.3, -0.25) is 0 Å². The molecule has 0 aliphatic carbocycles. The van der Waals surface area contributed by atoms with E-state index in [1.54, 1.807) is 0 Å². The van der Waals surface area contributed by atoms with Crippen LogP contribution in [-0.2, 0) is 0 Å². The van der Waals surface area contributed by atoms with E-state index in [0.29, 0.717) is 0 Å². The molecule has 1 aromatic rings. The molecule has 1 N–H and O–H groups in total. The average Bonchev–Trinajstić information content (AvgIpc) is 1.93. The molecule has 0 amide bonds. The average molecular weight is 161 g/mol. The minimum absolute atomic E-state index is 0.0828. The summed E-state index contributed by atoms with van der Waals surface area (Å²) in [5.41, 5.74) is 0.279. The van der Waals surface area contributed by atoms with Crippen LogP contribution < -0.4 is 0 Å². The van der Waals surface area contributed by atoms with Crippen molar-refractivity contribution in [2.24, 2.45) is 0 Å². The van der Waals surface area contributed by atoms with Crippen molar-refractivity contribution in [3.63, 3.8) is 0 Å². The molecule has 1 rings (SSSR count). The Hall–Kier alpha value is -0.760. The number of aromatic hydroxyl groups is 1. The molecule has 0 fully saturated rings. The van der Waals surface area contributed by atoms with Crippen LogP contribution in [0.5, 0.6) is 5.75 Å². The molecule has 0 spiro atoms. The van der Waals surface area contributed by atoms with Gasteiger partial charge in [-0.25, -0.2) is 4.39 Å². The van der Waals surface area contributed by atoms with E-state index in [9.17, 15) is 4.39 Å². The number of halogens is 2. The van der Waals surface area contributed by atoms with Crippen LogP contribution in [-0.4, -0.2) is 5.11 Å². The van der Waals surface area contributed by atoms with E-state index < -0.39 is 5.82 Å². The summed E-state index contributed by atoms with van der Waals surface area (Å²) >= 11 is 5.49. The Morgan fingerprint density at radius 1 is 1.50 bits per heavy atom. The number of rotatable bonds is 0. The molecular formula is C7H6ClFO. The van der Waals surface area contributed by atoms with Gasteiger partial charge >= 0.3 is 0 Å². The summed E-state index contributed by atoms with van der Waals surface area (Å²) in [6, 6.07) is 2.40. The summed E-state index contributed by atoms with van der Waals surface area (Å²) in [5, 5.41) is 9.01. The Labute approximate surface area is 63.1 Å². The van der Waals surface area contributed by atoms with Crippen LogP contribution in [0.2, 0.25) is 5.02 Å². The van der Waals surface area contributed by atoms with Gasteiger partial charge in [0.2, 0.25) is 0 Å². The Morgan fingerprint density at radius 2 is 2.10 bits per heavy atom. The van der Waals surface area contributed by atoms with Crippen molar-refractivity contribution < 1.29 is 9.50 Å². The van der Waals surface area contributed by atoms with Crippen LogP contribution in [0.3, 0.4) is 0 Å². The molecule has 10 heavy (non-hydrogen) atoms. The van der Waals surface area contributed by atoms with Gasteiger partial charge in [-0.05, 0) is 19.1 Å². The minimum atomic E-state index is -0.400. The van der Waals surface area contributed by atoms with Gasteiger partial charge in [0.25, 0.3) is 0 Å². The predicted molar refractivity (Wildman–Crippen MR) is 37.8 cm³/mol. The van der Waals surface area contributed by atoms with Crippen LogP contribution in [0.25, 0.3) is 0 Å². The second kappa shape index (κ2) is 2.46. The second-order valence-electron chi connectivity index (χ2n) is 2.01. The van der Waals surface area contributed by atoms with E-state index in [2.05, 4.69) is 0 Å². The van der Waals surface area contributed by atoms with Crippen molar-refractivity contribution in [1.82, 2.24) is 0 Å². The number of phenolic OH excluding ortho intramolecular Hbond substituents is 1. The molecule has 0 aliphatic heterocycles. The summed E-state index contributed by atoms with van der Waals surface area (Å²) < 4.78 is 12.6. The lowest BCUT2D eigenvalue weighted by Gasteiger charge is -2.00. The lowest BCUT2D eigenvalue weighted by atomic mass is 10.2. The van der Waals surface area contributed by atoms with Crippen molar-refractivity contribution in [2.45, 2.75) is 6.92 Å². The van der Waals surface area contributed by atoms with Crippen LogP contribution in [0.1, 0.15) is 5.56 Å². The van der Waals surface area contributed by atoms with Crippen LogP contribution >= 0.6 is 11.6 Å². The van der Waals surface area contributed by atoms with Gasteiger partial charge in [-0.15, -0.1) is 0 Å². The molecule has 0 atom stereocenters. The smallest absolute Gasteiger partial charge is 0.134 e. The highest BCUT2D eigenvalue weighted by Gasteiger charge is 2.05. The van der Waals surface area contributed by atoms with E-state index in [0.717, 1.165) is 0 Å². The van der Waals surface area contributed by atoms with Crippen LogP contribution in [0.15, 0.2) is 12.1 Å². The first-order chi connectivity index (χ1) is 4.63. The minimum Gasteiger partial charge on any atom is -0.506 e. The predicted octanol–water partition coefficient (Wildman–Crippen LogP) is 2.49. The van der Waals surface area contributed by atoms with Crippen LogP contribution in [0.4, 0.5) is 4.39 Å². The second-order valence-corrected chi connectivity index (χ2v) is 2.38. The third-order valence-electron chi connectivity index (χ3n) is 1.30. The summed E-state index contributed by atoms with van der Waals surface area (Å²) in [6.45, 7) is 1.51. The van der Waals surface area contributed by atoms with Crippen molar-refractivity contribution in [3.8, 4) is 5.75 Å². The lowest BCUT2D eigenvalue weighted by molar-refractivity contribution is 0.472. The fourth-order valence-electron chi connectivity index (χ4n) is 0.647. The fraction of sp³-hybridized carbons (Fsp3) is 0.143. The van der Waals surface area contributed by atoms with E-state index in [-0.39, 0.29) is 16.3 Å². The first-order valence-corrected chi connectivity index (χ1v) is 3.14. The van der Waals surface area contributed by atoms with Crippen molar-refractivity contribution in [2.75, 3.05) is 0 Å². The van der Waals surface area contributed by atoms with E-state index in [1.807, 2.05) is 0 Å². The largest absolute Gasteiger partial charge is 0.506 e. The molecule has 54 valence electrons. The van der Waals surface area contributed by atoms with Gasteiger partial charge in [-0.1, -0.05) is 11.6 Å². The lowest BCUT2D eigenvalue weighted by Crippen LogP contribution is -1.82. The third-order valence-corrected chi connectivity index (χ3v) is 1.78. The monoisotopic (exact) mass is 160 g/mol. The van der Waals surface area contributed by atoms with Crippen molar-refractivity contribution in [3.05, 3.63) is 28.5 Å². The van der Waals surface area contributed by atoms with Gasteiger partial charge in [0.1, 0.15) is 11.6 Å². The molecule has 3 heteroatoms. The quantitative estimate of drug-likeness (QED) is 0.618. The van der Waals surface area contributed by atoms with E-state index in [4.69, 9.17) is 16.7 Å². The Morgan fingerprint density at radius 3 is 2.60 bits per heavy atom. The molecule has 0 unspecified atom stereocenters. The molecule has 0 bridgehead atoms. The molecular weight excluding hydrogens is 155 g/mol. The van der Waals surface area contributed by atoms with Crippen molar-refractivity contribution in [1.29, 1.82) is 0 Å². The van der Waals surface area contributed by atoms with E-state index in [1.165, 1.54) is 19.1 Å². The molecule has 1 nitrogen and oxygen atoms in total. The Kier molecular flexibility index (Phi) is 1.81. The summed E-state index contributed by atoms with van der Waals surface area (Å²) in [4.78, 5) is 0. The topological polar surface area (TPSA) is 20.2 Å². The maximum Gasteiger partial charge on any atom is 0.134 e. The number of phenols is 1. The highest BCUT2D eigenvalue weighted by atomic mass is 35.5. The summed E-state index contributed by atoms with van der Waals surface area (Å²) in [7, 11) is 0. The molecule has 1 aromatic carbocycles. The van der Waals surface area contributed by atoms with Gasteiger partial charge in [-0.2, -0.15) is 0 Å². The molecule has 0 heterocycles. The third kappa shape index (κ3) is 1.07. The maximum atomic E-state index is 12.6. The molecule has 0 radical (unpaired) electrons. The zero-order valence-electron chi connectivity index (χ0n) is 5.36. The standard InChI is InChI=1S/C7H6ClFO/c1-4-5(9)2-3-6(10)7(4)8/h2-3,10H,1H3. The highest BCUT2D eigenvalue weighted by Crippen LogP contribution is 2.27. The molecule has 0 saturated heterocycles. The molecule has 0 aromatic heterocycles. The van der Waals surface area contributed by atoms with Gasteiger partial charge in [0, 0.05) is 5.56 Å². The SMILES string of the molecule is Cc1c(F)ccc(O)c1Cl. The van der Waals surface area contributed by atoms with Crippen LogP contribution in [0, 0.1) is 12.7 Å². The highest BCUT2D eigenvalue weighted by molar-refractivity contribution is 6.32. The van der Waals surface area contributed by atoms with Gasteiger partial charge in [0.05, 0.1) is 5.02 Å². The Balaban J connectivity index is 3.34.